The van der Waals surface area contributed by atoms with E-state index in [2.05, 4.69) is 25.8 Å². The highest BCUT2D eigenvalue weighted by Crippen LogP contribution is 2.05. The first-order chi connectivity index (χ1) is 12.1. The summed E-state index contributed by atoms with van der Waals surface area (Å²) >= 11 is 0. The summed E-state index contributed by atoms with van der Waals surface area (Å²) in [5.74, 6) is -0.693. The fraction of sp³-hybridized carbons (Fsp3) is 0.412. The fourth-order valence-electron chi connectivity index (χ4n) is 2.40. The van der Waals surface area contributed by atoms with Crippen LogP contribution in [0.2, 0.25) is 0 Å². The third kappa shape index (κ3) is 7.03. The molecule has 1 aromatic carbocycles. The first-order valence-corrected chi connectivity index (χ1v) is 8.31. The third-order valence-electron chi connectivity index (χ3n) is 3.69. The molecule has 0 aliphatic heterocycles. The van der Waals surface area contributed by atoms with Crippen molar-refractivity contribution in [1.29, 1.82) is 0 Å². The van der Waals surface area contributed by atoms with Crippen molar-refractivity contribution in [2.75, 3.05) is 11.9 Å². The van der Waals surface area contributed by atoms with Gasteiger partial charge in [0.25, 0.3) is 0 Å². The Labute approximate surface area is 146 Å². The molecule has 2 rings (SSSR count). The Kier molecular flexibility index (Phi) is 7.42. The number of nitrogens with zero attached hydrogens (tertiary/aromatic N) is 2. The molecule has 0 saturated heterocycles. The number of hydrogen-bond acceptors (Lipinski definition) is 5. The number of aromatic amines is 1. The summed E-state index contributed by atoms with van der Waals surface area (Å²) < 4.78 is 0. The van der Waals surface area contributed by atoms with Gasteiger partial charge < -0.3 is 15.7 Å². The number of carbonyl (C=O) groups is 2. The summed E-state index contributed by atoms with van der Waals surface area (Å²) in [4.78, 5) is 27.2. The van der Waals surface area contributed by atoms with Crippen molar-refractivity contribution in [2.24, 2.45) is 0 Å². The van der Waals surface area contributed by atoms with Crippen molar-refractivity contribution in [3.05, 3.63) is 42.2 Å². The number of carbonyl (C=O) groups excluding carboxylic acids is 1. The number of H-pyrrole nitrogens is 1. The summed E-state index contributed by atoms with van der Waals surface area (Å²) in [6.45, 7) is 0.727. The molecule has 0 aliphatic rings. The largest absolute Gasteiger partial charge is 0.480 e. The van der Waals surface area contributed by atoms with Gasteiger partial charge in [0.2, 0.25) is 11.9 Å². The minimum absolute atomic E-state index is 0.231. The number of rotatable bonds is 11. The molecular weight excluding hydrogens is 322 g/mol. The van der Waals surface area contributed by atoms with Crippen molar-refractivity contribution in [3.8, 4) is 0 Å². The molecule has 0 spiro atoms. The predicted octanol–water partition coefficient (Wildman–Crippen LogP) is 1.59. The van der Waals surface area contributed by atoms with Crippen molar-refractivity contribution in [1.82, 2.24) is 20.5 Å². The van der Waals surface area contributed by atoms with Gasteiger partial charge in [-0.1, -0.05) is 36.8 Å². The molecule has 1 aromatic heterocycles. The Balaban J connectivity index is 1.62. The van der Waals surface area contributed by atoms with E-state index in [0.717, 1.165) is 24.9 Å². The molecule has 0 bridgehead atoms. The summed E-state index contributed by atoms with van der Waals surface area (Å²) in [5.41, 5.74) is 0.883. The van der Waals surface area contributed by atoms with E-state index in [-0.39, 0.29) is 12.3 Å². The molecular formula is C17H23N5O3. The third-order valence-corrected chi connectivity index (χ3v) is 3.69. The van der Waals surface area contributed by atoms with Crippen molar-refractivity contribution >= 4 is 17.8 Å². The number of aliphatic carboxylic acids is 1. The van der Waals surface area contributed by atoms with E-state index in [4.69, 9.17) is 0 Å². The van der Waals surface area contributed by atoms with Gasteiger partial charge in [-0.15, -0.1) is 5.10 Å². The number of nitrogens with one attached hydrogen (secondary N) is 3. The average Bonchev–Trinajstić information content (AvgIpc) is 3.11. The Morgan fingerprint density at radius 1 is 1.16 bits per heavy atom. The molecule has 2 aromatic rings. The normalized spacial score (nSPS) is 11.7. The smallest absolute Gasteiger partial charge is 0.326 e. The minimum Gasteiger partial charge on any atom is -0.480 e. The van der Waals surface area contributed by atoms with Crippen LogP contribution in [-0.2, 0) is 16.0 Å². The maximum absolute atomic E-state index is 12.0. The monoisotopic (exact) mass is 345 g/mol. The highest BCUT2D eigenvalue weighted by molar-refractivity contribution is 5.83. The zero-order valence-electron chi connectivity index (χ0n) is 13.9. The summed E-state index contributed by atoms with van der Waals surface area (Å²) in [7, 11) is 0. The van der Waals surface area contributed by atoms with E-state index >= 15 is 0 Å². The average molecular weight is 345 g/mol. The maximum atomic E-state index is 12.0. The van der Waals surface area contributed by atoms with Crippen LogP contribution in [0, 0.1) is 0 Å². The van der Waals surface area contributed by atoms with Crippen molar-refractivity contribution < 1.29 is 14.7 Å². The number of carboxylic acid groups (broad SMARTS) is 1. The fourth-order valence-corrected chi connectivity index (χ4v) is 2.40. The maximum Gasteiger partial charge on any atom is 0.326 e. The molecule has 0 unspecified atom stereocenters. The predicted molar refractivity (Wildman–Crippen MR) is 93.1 cm³/mol. The summed E-state index contributed by atoms with van der Waals surface area (Å²) in [5, 5.41) is 21.4. The number of amides is 1. The van der Waals surface area contributed by atoms with E-state index in [1.807, 2.05) is 30.3 Å². The second-order valence-electron chi connectivity index (χ2n) is 5.71. The molecule has 0 fully saturated rings. The Bertz CT molecular complexity index is 646. The number of anilines is 1. The Morgan fingerprint density at radius 2 is 1.96 bits per heavy atom. The first kappa shape index (κ1) is 18.4. The molecule has 4 N–H and O–H groups in total. The van der Waals surface area contributed by atoms with Crippen LogP contribution in [0.15, 0.2) is 36.7 Å². The van der Waals surface area contributed by atoms with Crippen LogP contribution in [0.4, 0.5) is 5.95 Å². The molecule has 8 heteroatoms. The number of unbranched alkanes of at least 4 members (excludes halogenated alkanes) is 2. The lowest BCUT2D eigenvalue weighted by Crippen LogP contribution is -2.42. The number of benzene rings is 1. The van der Waals surface area contributed by atoms with Crippen LogP contribution in [0.5, 0.6) is 0 Å². The SMILES string of the molecule is O=C(CCCCCNc1nc[nH]n1)N[C@@H](Cc1ccccc1)C(=O)O. The van der Waals surface area contributed by atoms with Gasteiger partial charge in [-0.05, 0) is 18.4 Å². The molecule has 1 amide bonds. The van der Waals surface area contributed by atoms with E-state index in [1.165, 1.54) is 6.33 Å². The standard InChI is InChI=1S/C17H23N5O3/c23-15(9-5-2-6-10-18-17-19-12-20-22-17)21-14(16(24)25)11-13-7-3-1-4-8-13/h1,3-4,7-8,12,14H,2,5-6,9-11H2,(H,21,23)(H,24,25)(H2,18,19,20,22)/t14-/m0/s1. The molecule has 1 heterocycles. The molecule has 0 saturated carbocycles. The van der Waals surface area contributed by atoms with Crippen LogP contribution in [-0.4, -0.2) is 44.8 Å². The van der Waals surface area contributed by atoms with Crippen molar-refractivity contribution in [2.45, 2.75) is 38.1 Å². The van der Waals surface area contributed by atoms with Gasteiger partial charge in [0.1, 0.15) is 12.4 Å². The molecule has 0 aliphatic carbocycles. The Morgan fingerprint density at radius 3 is 2.64 bits per heavy atom. The van der Waals surface area contributed by atoms with Gasteiger partial charge in [-0.3, -0.25) is 9.89 Å². The van der Waals surface area contributed by atoms with Gasteiger partial charge in [-0.25, -0.2) is 9.78 Å². The zero-order chi connectivity index (χ0) is 17.9. The lowest BCUT2D eigenvalue weighted by Gasteiger charge is -2.14. The molecule has 8 nitrogen and oxygen atoms in total. The summed E-state index contributed by atoms with van der Waals surface area (Å²) in [6.07, 6.45) is 4.55. The van der Waals surface area contributed by atoms with Gasteiger partial charge in [0, 0.05) is 19.4 Å². The quantitative estimate of drug-likeness (QED) is 0.459. The van der Waals surface area contributed by atoms with Gasteiger partial charge in [0.15, 0.2) is 0 Å². The second kappa shape index (κ2) is 10.1. The van der Waals surface area contributed by atoms with Gasteiger partial charge in [0.05, 0.1) is 0 Å². The van der Waals surface area contributed by atoms with E-state index in [1.54, 1.807) is 0 Å². The van der Waals surface area contributed by atoms with Crippen LogP contribution < -0.4 is 10.6 Å². The topological polar surface area (TPSA) is 120 Å². The van der Waals surface area contributed by atoms with Crippen LogP contribution >= 0.6 is 0 Å². The van der Waals surface area contributed by atoms with Gasteiger partial charge in [-0.2, -0.15) is 0 Å². The summed E-state index contributed by atoms with van der Waals surface area (Å²) in [6, 6.07) is 8.37. The number of aromatic nitrogens is 3. The Hall–Kier alpha value is -2.90. The van der Waals surface area contributed by atoms with Gasteiger partial charge >= 0.3 is 5.97 Å². The van der Waals surface area contributed by atoms with E-state index < -0.39 is 12.0 Å². The molecule has 134 valence electrons. The number of carboxylic acids is 1. The first-order valence-electron chi connectivity index (χ1n) is 8.31. The lowest BCUT2D eigenvalue weighted by molar-refractivity contribution is -0.141. The second-order valence-corrected chi connectivity index (χ2v) is 5.71. The van der Waals surface area contributed by atoms with Crippen molar-refractivity contribution in [3.63, 3.8) is 0 Å². The van der Waals surface area contributed by atoms with Crippen LogP contribution in [0.25, 0.3) is 0 Å². The van der Waals surface area contributed by atoms with E-state index in [9.17, 15) is 14.7 Å². The molecule has 1 atom stereocenters. The van der Waals surface area contributed by atoms with E-state index in [0.29, 0.717) is 18.8 Å². The number of hydrogen-bond donors (Lipinski definition) is 4. The lowest BCUT2D eigenvalue weighted by atomic mass is 10.1. The molecule has 25 heavy (non-hydrogen) atoms. The van der Waals surface area contributed by atoms with Crippen LogP contribution in [0.3, 0.4) is 0 Å². The minimum atomic E-state index is -1.02. The van der Waals surface area contributed by atoms with Crippen LogP contribution in [0.1, 0.15) is 31.2 Å². The molecule has 0 radical (unpaired) electrons. The zero-order valence-corrected chi connectivity index (χ0v) is 13.9. The highest BCUT2D eigenvalue weighted by Gasteiger charge is 2.19. The highest BCUT2D eigenvalue weighted by atomic mass is 16.4.